The Balaban J connectivity index is 1.92. The zero-order chi connectivity index (χ0) is 16.1. The standard InChI is InChI=1S/C16H20N4O2/c1-12(18-15(21)14-7-5-4-6-8-14)16(22)19(2)10-13-9-17-20(3)11-13/h4-9,11-12H,10H2,1-3H3,(H,18,21). The number of nitrogens with one attached hydrogen (secondary N) is 1. The van der Waals surface area contributed by atoms with Gasteiger partial charge in [0, 0.05) is 38.0 Å². The van der Waals surface area contributed by atoms with E-state index in [0.29, 0.717) is 12.1 Å². The number of carbonyl (C=O) groups is 2. The van der Waals surface area contributed by atoms with Crippen molar-refractivity contribution in [3.8, 4) is 0 Å². The summed E-state index contributed by atoms with van der Waals surface area (Å²) >= 11 is 0. The van der Waals surface area contributed by atoms with Crippen LogP contribution in [-0.4, -0.2) is 39.6 Å². The first kappa shape index (κ1) is 15.8. The summed E-state index contributed by atoms with van der Waals surface area (Å²) in [5, 5.41) is 6.79. The maximum atomic E-state index is 12.3. The minimum absolute atomic E-state index is 0.145. The first-order valence-corrected chi connectivity index (χ1v) is 7.06. The van der Waals surface area contributed by atoms with Gasteiger partial charge in [-0.3, -0.25) is 14.3 Å². The van der Waals surface area contributed by atoms with Crippen molar-refractivity contribution in [1.82, 2.24) is 20.0 Å². The number of nitrogens with zero attached hydrogens (tertiary/aromatic N) is 3. The van der Waals surface area contributed by atoms with Crippen LogP contribution in [0.1, 0.15) is 22.8 Å². The summed E-state index contributed by atoms with van der Waals surface area (Å²) in [6.45, 7) is 2.14. The molecule has 2 aromatic rings. The van der Waals surface area contributed by atoms with Crippen molar-refractivity contribution in [1.29, 1.82) is 0 Å². The molecule has 0 saturated heterocycles. The topological polar surface area (TPSA) is 67.2 Å². The predicted molar refractivity (Wildman–Crippen MR) is 83.1 cm³/mol. The van der Waals surface area contributed by atoms with Gasteiger partial charge in [-0.15, -0.1) is 0 Å². The molecule has 1 aromatic heterocycles. The van der Waals surface area contributed by atoms with E-state index in [1.54, 1.807) is 54.0 Å². The van der Waals surface area contributed by atoms with Crippen LogP contribution in [0.25, 0.3) is 0 Å². The maximum Gasteiger partial charge on any atom is 0.251 e. The SMILES string of the molecule is CC(NC(=O)c1ccccc1)C(=O)N(C)Cc1cnn(C)c1. The van der Waals surface area contributed by atoms with E-state index in [1.807, 2.05) is 19.3 Å². The lowest BCUT2D eigenvalue weighted by Crippen LogP contribution is -2.45. The van der Waals surface area contributed by atoms with Crippen LogP contribution >= 0.6 is 0 Å². The van der Waals surface area contributed by atoms with Gasteiger partial charge in [0.25, 0.3) is 5.91 Å². The van der Waals surface area contributed by atoms with Crippen molar-refractivity contribution < 1.29 is 9.59 Å². The van der Waals surface area contributed by atoms with Crippen LogP contribution < -0.4 is 5.32 Å². The Morgan fingerprint density at radius 1 is 1.32 bits per heavy atom. The van der Waals surface area contributed by atoms with Crippen molar-refractivity contribution in [3.05, 3.63) is 53.9 Å². The van der Waals surface area contributed by atoms with Gasteiger partial charge < -0.3 is 10.2 Å². The van der Waals surface area contributed by atoms with Gasteiger partial charge in [0.15, 0.2) is 0 Å². The van der Waals surface area contributed by atoms with Crippen LogP contribution in [0, 0.1) is 0 Å². The quantitative estimate of drug-likeness (QED) is 0.902. The molecule has 1 N–H and O–H groups in total. The van der Waals surface area contributed by atoms with Gasteiger partial charge in [-0.2, -0.15) is 5.10 Å². The molecular weight excluding hydrogens is 280 g/mol. The monoisotopic (exact) mass is 300 g/mol. The molecule has 1 unspecified atom stereocenters. The van der Waals surface area contributed by atoms with E-state index in [0.717, 1.165) is 5.56 Å². The molecule has 116 valence electrons. The second-order valence-electron chi connectivity index (χ2n) is 5.28. The summed E-state index contributed by atoms with van der Waals surface area (Å²) in [6.07, 6.45) is 3.58. The van der Waals surface area contributed by atoms with Crippen molar-refractivity contribution >= 4 is 11.8 Å². The third-order valence-corrected chi connectivity index (χ3v) is 3.31. The van der Waals surface area contributed by atoms with E-state index in [4.69, 9.17) is 0 Å². The highest BCUT2D eigenvalue weighted by molar-refractivity contribution is 5.97. The van der Waals surface area contributed by atoms with Crippen LogP contribution in [0.4, 0.5) is 0 Å². The number of carbonyl (C=O) groups excluding carboxylic acids is 2. The highest BCUT2D eigenvalue weighted by atomic mass is 16.2. The molecule has 0 fully saturated rings. The number of rotatable bonds is 5. The van der Waals surface area contributed by atoms with Gasteiger partial charge in [0.05, 0.1) is 6.20 Å². The Morgan fingerprint density at radius 2 is 2.00 bits per heavy atom. The molecule has 1 aromatic carbocycles. The first-order valence-electron chi connectivity index (χ1n) is 7.06. The summed E-state index contributed by atoms with van der Waals surface area (Å²) in [5.74, 6) is -0.399. The minimum atomic E-state index is -0.589. The molecule has 0 radical (unpaired) electrons. The number of aromatic nitrogens is 2. The molecule has 1 atom stereocenters. The van der Waals surface area contributed by atoms with Gasteiger partial charge >= 0.3 is 0 Å². The molecule has 6 nitrogen and oxygen atoms in total. The van der Waals surface area contributed by atoms with Gasteiger partial charge in [-0.05, 0) is 19.1 Å². The summed E-state index contributed by atoms with van der Waals surface area (Å²) in [6, 6.07) is 8.26. The van der Waals surface area contributed by atoms with Crippen LogP contribution in [0.5, 0.6) is 0 Å². The van der Waals surface area contributed by atoms with E-state index in [1.165, 1.54) is 0 Å². The molecular formula is C16H20N4O2. The Labute approximate surface area is 129 Å². The van der Waals surface area contributed by atoms with Gasteiger partial charge in [-0.25, -0.2) is 0 Å². The fraction of sp³-hybridized carbons (Fsp3) is 0.312. The van der Waals surface area contributed by atoms with E-state index >= 15 is 0 Å². The zero-order valence-corrected chi connectivity index (χ0v) is 13.0. The number of hydrogen-bond acceptors (Lipinski definition) is 3. The second kappa shape index (κ2) is 6.89. The molecule has 1 heterocycles. The maximum absolute atomic E-state index is 12.3. The normalized spacial score (nSPS) is 11.8. The minimum Gasteiger partial charge on any atom is -0.341 e. The number of hydrogen-bond donors (Lipinski definition) is 1. The average Bonchev–Trinajstić information content (AvgIpc) is 2.92. The fourth-order valence-electron chi connectivity index (χ4n) is 2.17. The van der Waals surface area contributed by atoms with E-state index in [9.17, 15) is 9.59 Å². The smallest absolute Gasteiger partial charge is 0.251 e. The molecule has 2 rings (SSSR count). The largest absolute Gasteiger partial charge is 0.341 e. The van der Waals surface area contributed by atoms with Crippen LogP contribution in [0.15, 0.2) is 42.7 Å². The molecule has 0 aliphatic rings. The Bertz CT molecular complexity index is 651. The lowest BCUT2D eigenvalue weighted by Gasteiger charge is -2.21. The summed E-state index contributed by atoms with van der Waals surface area (Å²) in [7, 11) is 3.54. The number of likely N-dealkylation sites (N-methyl/N-ethyl adjacent to an activating group) is 1. The summed E-state index contributed by atoms with van der Waals surface area (Å²) in [4.78, 5) is 25.9. The van der Waals surface area contributed by atoms with Crippen molar-refractivity contribution in [2.75, 3.05) is 7.05 Å². The molecule has 0 spiro atoms. The molecule has 0 saturated carbocycles. The highest BCUT2D eigenvalue weighted by Gasteiger charge is 2.20. The number of amides is 2. The molecule has 2 amide bonds. The number of benzene rings is 1. The fourth-order valence-corrected chi connectivity index (χ4v) is 2.17. The zero-order valence-electron chi connectivity index (χ0n) is 13.0. The van der Waals surface area contributed by atoms with Gasteiger partial charge in [0.2, 0.25) is 5.91 Å². The van der Waals surface area contributed by atoms with Crippen LogP contribution in [0.3, 0.4) is 0 Å². The lowest BCUT2D eigenvalue weighted by molar-refractivity contribution is -0.132. The Kier molecular flexibility index (Phi) is 4.93. The average molecular weight is 300 g/mol. The van der Waals surface area contributed by atoms with E-state index in [-0.39, 0.29) is 11.8 Å². The highest BCUT2D eigenvalue weighted by Crippen LogP contribution is 2.04. The van der Waals surface area contributed by atoms with Crippen molar-refractivity contribution in [3.63, 3.8) is 0 Å². The summed E-state index contributed by atoms with van der Waals surface area (Å²) in [5.41, 5.74) is 1.48. The third-order valence-electron chi connectivity index (χ3n) is 3.31. The third kappa shape index (κ3) is 3.94. The molecule has 0 bridgehead atoms. The second-order valence-corrected chi connectivity index (χ2v) is 5.28. The first-order chi connectivity index (χ1) is 10.5. The van der Waals surface area contributed by atoms with E-state index < -0.39 is 6.04 Å². The van der Waals surface area contributed by atoms with E-state index in [2.05, 4.69) is 10.4 Å². The predicted octanol–water partition coefficient (Wildman–Crippen LogP) is 1.20. The molecule has 6 heteroatoms. The van der Waals surface area contributed by atoms with Crippen LogP contribution in [0.2, 0.25) is 0 Å². The van der Waals surface area contributed by atoms with Crippen LogP contribution in [-0.2, 0) is 18.4 Å². The van der Waals surface area contributed by atoms with Gasteiger partial charge in [-0.1, -0.05) is 18.2 Å². The Hall–Kier alpha value is -2.63. The molecule has 22 heavy (non-hydrogen) atoms. The van der Waals surface area contributed by atoms with Gasteiger partial charge in [0.1, 0.15) is 6.04 Å². The van der Waals surface area contributed by atoms with Crippen molar-refractivity contribution in [2.45, 2.75) is 19.5 Å². The summed E-state index contributed by atoms with van der Waals surface area (Å²) < 4.78 is 1.69. The van der Waals surface area contributed by atoms with Crippen molar-refractivity contribution in [2.24, 2.45) is 7.05 Å². The number of aryl methyl sites for hydroxylation is 1. The Morgan fingerprint density at radius 3 is 2.59 bits per heavy atom. The molecule has 0 aliphatic heterocycles. The lowest BCUT2D eigenvalue weighted by atomic mass is 10.2. The molecule has 0 aliphatic carbocycles.